The molecular formula is C17H22N2O3S. The third-order valence-corrected chi connectivity index (χ3v) is 5.21. The average molecular weight is 334 g/mol. The van der Waals surface area contributed by atoms with Gasteiger partial charge in [-0.3, -0.25) is 4.79 Å². The largest absolute Gasteiger partial charge is 0.467 e. The minimum Gasteiger partial charge on any atom is -0.467 e. The van der Waals surface area contributed by atoms with Crippen LogP contribution < -0.4 is 0 Å². The Hall–Kier alpha value is -1.66. The molecule has 3 rings (SSSR count). The molecule has 0 bridgehead atoms. The number of aryl methyl sites for hydroxylation is 1. The first-order valence-electron chi connectivity index (χ1n) is 8.10. The van der Waals surface area contributed by atoms with E-state index in [0.29, 0.717) is 17.7 Å². The lowest BCUT2D eigenvalue weighted by molar-refractivity contribution is 0.0557. The summed E-state index contributed by atoms with van der Waals surface area (Å²) in [4.78, 5) is 14.8. The lowest BCUT2D eigenvalue weighted by Crippen LogP contribution is -2.41. The maximum atomic E-state index is 12.9. The van der Waals surface area contributed by atoms with Crippen molar-refractivity contribution >= 4 is 17.4 Å². The maximum absolute atomic E-state index is 12.9. The van der Waals surface area contributed by atoms with Gasteiger partial charge in [-0.2, -0.15) is 4.37 Å². The fraction of sp³-hybridized carbons (Fsp3) is 0.529. The van der Waals surface area contributed by atoms with Crippen LogP contribution in [0, 0.1) is 6.92 Å². The van der Waals surface area contributed by atoms with Crippen LogP contribution in [0.2, 0.25) is 0 Å². The third kappa shape index (κ3) is 3.64. The lowest BCUT2D eigenvalue weighted by Gasteiger charge is -2.31. The van der Waals surface area contributed by atoms with Crippen molar-refractivity contribution in [2.45, 2.75) is 51.2 Å². The summed E-state index contributed by atoms with van der Waals surface area (Å²) in [5, 5.41) is 12.2. The highest BCUT2D eigenvalue weighted by Crippen LogP contribution is 2.28. The smallest absolute Gasteiger partial charge is 0.256 e. The fourth-order valence-corrected chi connectivity index (χ4v) is 3.88. The van der Waals surface area contributed by atoms with Crippen molar-refractivity contribution in [3.8, 4) is 0 Å². The van der Waals surface area contributed by atoms with Gasteiger partial charge in [0.15, 0.2) is 0 Å². The minimum atomic E-state index is -0.676. The number of rotatable bonds is 4. The summed E-state index contributed by atoms with van der Waals surface area (Å²) >= 11 is 1.32. The van der Waals surface area contributed by atoms with Crippen molar-refractivity contribution in [2.24, 2.45) is 0 Å². The molecule has 2 aromatic rings. The Morgan fingerprint density at radius 3 is 3.09 bits per heavy atom. The molecule has 0 aliphatic carbocycles. The molecular weight excluding hydrogens is 312 g/mol. The standard InChI is InChI=1S/C17H22N2O3S/c1-12-14(11-23-18-12)17(21)19-8-4-2-3-6-13(19)10-15(20)16-7-5-9-22-16/h5,7,9,11,13,15,20H,2-4,6,8,10H2,1H3. The van der Waals surface area contributed by atoms with E-state index in [1.807, 2.05) is 17.2 Å². The van der Waals surface area contributed by atoms with E-state index >= 15 is 0 Å². The molecule has 0 aromatic carbocycles. The number of aliphatic hydroxyl groups is 1. The number of carbonyl (C=O) groups excluding carboxylic acids is 1. The summed E-state index contributed by atoms with van der Waals surface area (Å²) in [6, 6.07) is 3.58. The molecule has 2 unspecified atom stereocenters. The molecule has 0 saturated carbocycles. The van der Waals surface area contributed by atoms with Crippen molar-refractivity contribution in [1.82, 2.24) is 9.27 Å². The van der Waals surface area contributed by atoms with Crippen LogP contribution in [0.4, 0.5) is 0 Å². The SMILES string of the molecule is Cc1nscc1C(=O)N1CCCCCC1CC(O)c1ccco1. The van der Waals surface area contributed by atoms with Gasteiger partial charge in [-0.05, 0) is 43.4 Å². The fourth-order valence-electron chi connectivity index (χ4n) is 3.20. The Morgan fingerprint density at radius 2 is 2.39 bits per heavy atom. The second-order valence-electron chi connectivity index (χ2n) is 6.08. The number of furan rings is 1. The predicted octanol–water partition coefficient (Wildman–Crippen LogP) is 3.55. The van der Waals surface area contributed by atoms with Crippen molar-refractivity contribution < 1.29 is 14.3 Å². The van der Waals surface area contributed by atoms with E-state index in [4.69, 9.17) is 4.42 Å². The van der Waals surface area contributed by atoms with Crippen LogP contribution >= 0.6 is 11.5 Å². The first kappa shape index (κ1) is 16.2. The van der Waals surface area contributed by atoms with Gasteiger partial charge in [0.05, 0.1) is 17.5 Å². The van der Waals surface area contributed by atoms with Gasteiger partial charge >= 0.3 is 0 Å². The van der Waals surface area contributed by atoms with E-state index in [-0.39, 0.29) is 11.9 Å². The summed E-state index contributed by atoms with van der Waals surface area (Å²) < 4.78 is 9.51. The average Bonchev–Trinajstić information content (AvgIpc) is 3.16. The Kier molecular flexibility index (Phi) is 5.13. The highest BCUT2D eigenvalue weighted by Gasteiger charge is 2.30. The van der Waals surface area contributed by atoms with Crippen LogP contribution in [0.5, 0.6) is 0 Å². The monoisotopic (exact) mass is 334 g/mol. The first-order valence-corrected chi connectivity index (χ1v) is 8.94. The molecule has 1 aliphatic rings. The Morgan fingerprint density at radius 1 is 1.52 bits per heavy atom. The second-order valence-corrected chi connectivity index (χ2v) is 6.71. The zero-order valence-electron chi connectivity index (χ0n) is 13.3. The Balaban J connectivity index is 1.77. The molecule has 2 aromatic heterocycles. The summed E-state index contributed by atoms with van der Waals surface area (Å²) in [7, 11) is 0. The number of aliphatic hydroxyl groups excluding tert-OH is 1. The topological polar surface area (TPSA) is 66.6 Å². The zero-order valence-corrected chi connectivity index (χ0v) is 14.1. The van der Waals surface area contributed by atoms with Gasteiger partial charge in [-0.1, -0.05) is 12.8 Å². The minimum absolute atomic E-state index is 0.0319. The highest BCUT2D eigenvalue weighted by molar-refractivity contribution is 7.03. The van der Waals surface area contributed by atoms with Gasteiger partial charge in [-0.15, -0.1) is 0 Å². The van der Waals surface area contributed by atoms with Crippen LogP contribution in [0.1, 0.15) is 60.0 Å². The van der Waals surface area contributed by atoms with Gasteiger partial charge in [0, 0.05) is 24.4 Å². The quantitative estimate of drug-likeness (QED) is 0.928. The van der Waals surface area contributed by atoms with Crippen LogP contribution in [-0.4, -0.2) is 32.9 Å². The molecule has 23 heavy (non-hydrogen) atoms. The highest BCUT2D eigenvalue weighted by atomic mass is 32.1. The van der Waals surface area contributed by atoms with Crippen LogP contribution in [-0.2, 0) is 0 Å². The summed E-state index contributed by atoms with van der Waals surface area (Å²) in [6.07, 6.45) is 5.53. The van der Waals surface area contributed by atoms with Gasteiger partial charge in [0.1, 0.15) is 11.9 Å². The lowest BCUT2D eigenvalue weighted by atomic mass is 10.0. The van der Waals surface area contributed by atoms with Crippen LogP contribution in [0.25, 0.3) is 0 Å². The van der Waals surface area contributed by atoms with Crippen molar-refractivity contribution in [2.75, 3.05) is 6.54 Å². The molecule has 0 spiro atoms. The summed E-state index contributed by atoms with van der Waals surface area (Å²) in [6.45, 7) is 2.61. The third-order valence-electron chi connectivity index (χ3n) is 4.49. The second kappa shape index (κ2) is 7.27. The van der Waals surface area contributed by atoms with Crippen LogP contribution in [0.3, 0.4) is 0 Å². The number of nitrogens with zero attached hydrogens (tertiary/aromatic N) is 2. The number of hydrogen-bond donors (Lipinski definition) is 1. The number of aromatic nitrogens is 1. The molecule has 1 amide bonds. The predicted molar refractivity (Wildman–Crippen MR) is 88.4 cm³/mol. The number of carbonyl (C=O) groups is 1. The van der Waals surface area contributed by atoms with Gasteiger partial charge in [0.2, 0.25) is 0 Å². The van der Waals surface area contributed by atoms with Crippen molar-refractivity contribution in [3.63, 3.8) is 0 Å². The van der Waals surface area contributed by atoms with E-state index < -0.39 is 6.10 Å². The summed E-state index contributed by atoms with van der Waals surface area (Å²) in [5.74, 6) is 0.602. The van der Waals surface area contributed by atoms with Gasteiger partial charge in [0.25, 0.3) is 5.91 Å². The molecule has 1 saturated heterocycles. The number of likely N-dealkylation sites (tertiary alicyclic amines) is 1. The van der Waals surface area contributed by atoms with E-state index in [0.717, 1.165) is 37.9 Å². The molecule has 2 atom stereocenters. The number of hydrogen-bond acceptors (Lipinski definition) is 5. The van der Waals surface area contributed by atoms with Crippen LogP contribution in [0.15, 0.2) is 28.2 Å². The first-order chi connectivity index (χ1) is 11.2. The van der Waals surface area contributed by atoms with Crippen molar-refractivity contribution in [1.29, 1.82) is 0 Å². The molecule has 1 aliphatic heterocycles. The molecule has 3 heterocycles. The van der Waals surface area contributed by atoms with E-state index in [1.165, 1.54) is 11.5 Å². The normalized spacial score (nSPS) is 20.3. The van der Waals surface area contributed by atoms with Gasteiger partial charge in [-0.25, -0.2) is 0 Å². The molecule has 1 fully saturated rings. The molecule has 124 valence electrons. The van der Waals surface area contributed by atoms with Crippen molar-refractivity contribution in [3.05, 3.63) is 40.8 Å². The Bertz CT molecular complexity index is 638. The van der Waals surface area contributed by atoms with E-state index in [1.54, 1.807) is 18.4 Å². The number of amides is 1. The molecule has 6 heteroatoms. The molecule has 1 N–H and O–H groups in total. The zero-order chi connectivity index (χ0) is 16.2. The maximum Gasteiger partial charge on any atom is 0.256 e. The van der Waals surface area contributed by atoms with E-state index in [2.05, 4.69) is 4.37 Å². The molecule has 0 radical (unpaired) electrons. The molecule has 5 nitrogen and oxygen atoms in total. The summed E-state index contributed by atoms with van der Waals surface area (Å²) in [5.41, 5.74) is 1.48. The Labute approximate surface area is 140 Å². The van der Waals surface area contributed by atoms with E-state index in [9.17, 15) is 9.90 Å². The van der Waals surface area contributed by atoms with Gasteiger partial charge < -0.3 is 14.4 Å².